The molecule has 0 spiro atoms. The highest BCUT2D eigenvalue weighted by Gasteiger charge is 2.13. The third kappa shape index (κ3) is 2.35. The van der Waals surface area contributed by atoms with E-state index in [1.54, 1.807) is 0 Å². The topological polar surface area (TPSA) is 55.1 Å². The number of nitrogens with two attached hydrogens (primary N) is 1. The highest BCUT2D eigenvalue weighted by Crippen LogP contribution is 2.09. The van der Waals surface area contributed by atoms with E-state index in [9.17, 15) is 4.79 Å². The molecule has 1 heterocycles. The quantitative estimate of drug-likeness (QED) is 0.583. The summed E-state index contributed by atoms with van der Waals surface area (Å²) in [4.78, 5) is 10.4. The second kappa shape index (κ2) is 3.56. The minimum Gasteiger partial charge on any atom is -0.370 e. The Kier molecular flexibility index (Phi) is 2.68. The maximum atomic E-state index is 10.4. The number of carbonyl (C=O) groups is 1. The lowest BCUT2D eigenvalue weighted by Crippen LogP contribution is -2.23. The normalized spacial score (nSPS) is 25.0. The van der Waals surface area contributed by atoms with Gasteiger partial charge in [0.05, 0.1) is 0 Å². The number of hydrogen-bond donors (Lipinski definition) is 2. The number of rotatable bonds is 3. The molecule has 1 fully saturated rings. The van der Waals surface area contributed by atoms with E-state index in [4.69, 9.17) is 5.73 Å². The van der Waals surface area contributed by atoms with Crippen molar-refractivity contribution in [3.05, 3.63) is 0 Å². The van der Waals surface area contributed by atoms with E-state index in [-0.39, 0.29) is 5.91 Å². The van der Waals surface area contributed by atoms with Crippen LogP contribution in [-0.2, 0) is 4.79 Å². The fourth-order valence-electron chi connectivity index (χ4n) is 1.32. The molecule has 1 rings (SSSR count). The molecular formula is C7H14N2O. The Morgan fingerprint density at radius 3 is 3.00 bits per heavy atom. The molecule has 0 aromatic rings. The average molecular weight is 142 g/mol. The summed E-state index contributed by atoms with van der Waals surface area (Å²) in [6, 6.07) is 0.549. The zero-order chi connectivity index (χ0) is 7.40. The Hall–Kier alpha value is -0.570. The minimum absolute atomic E-state index is 0.186. The van der Waals surface area contributed by atoms with Crippen molar-refractivity contribution in [2.75, 3.05) is 6.54 Å². The molecule has 3 heteroatoms. The zero-order valence-corrected chi connectivity index (χ0v) is 6.10. The second-order valence-electron chi connectivity index (χ2n) is 2.80. The van der Waals surface area contributed by atoms with Crippen molar-refractivity contribution in [3.8, 4) is 0 Å². The molecule has 0 saturated carbocycles. The molecule has 1 aliphatic heterocycles. The molecule has 3 N–H and O–H groups in total. The standard InChI is InChI=1S/C7H14N2O/c8-7(10)4-3-6-2-1-5-9-6/h6,9H,1-5H2,(H2,8,10)/t6-/m1/s1. The average Bonchev–Trinajstić information content (AvgIpc) is 2.34. The van der Waals surface area contributed by atoms with E-state index in [0.29, 0.717) is 12.5 Å². The molecule has 3 nitrogen and oxygen atoms in total. The lowest BCUT2D eigenvalue weighted by molar-refractivity contribution is -0.118. The summed E-state index contributed by atoms with van der Waals surface area (Å²) in [6.07, 6.45) is 3.88. The Labute approximate surface area is 61.0 Å². The van der Waals surface area contributed by atoms with E-state index in [0.717, 1.165) is 13.0 Å². The van der Waals surface area contributed by atoms with E-state index in [1.807, 2.05) is 0 Å². The Morgan fingerprint density at radius 1 is 1.70 bits per heavy atom. The Bertz CT molecular complexity index is 119. The van der Waals surface area contributed by atoms with Crippen molar-refractivity contribution in [1.29, 1.82) is 0 Å². The van der Waals surface area contributed by atoms with Crippen LogP contribution in [0.3, 0.4) is 0 Å². The van der Waals surface area contributed by atoms with Crippen LogP contribution in [0.25, 0.3) is 0 Å². The van der Waals surface area contributed by atoms with Crippen LogP contribution in [-0.4, -0.2) is 18.5 Å². The van der Waals surface area contributed by atoms with Crippen LogP contribution < -0.4 is 11.1 Å². The van der Waals surface area contributed by atoms with Gasteiger partial charge in [0.25, 0.3) is 0 Å². The summed E-state index contributed by atoms with van der Waals surface area (Å²) in [5.41, 5.74) is 5.00. The molecule has 10 heavy (non-hydrogen) atoms. The van der Waals surface area contributed by atoms with Crippen molar-refractivity contribution < 1.29 is 4.79 Å². The number of carbonyl (C=O) groups excluding carboxylic acids is 1. The van der Waals surface area contributed by atoms with E-state index >= 15 is 0 Å². The Balaban J connectivity index is 2.07. The molecule has 0 aromatic heterocycles. The predicted octanol–water partition coefficient (Wildman–Crippen LogP) is 0.00390. The van der Waals surface area contributed by atoms with Gasteiger partial charge < -0.3 is 11.1 Å². The summed E-state index contributed by atoms with van der Waals surface area (Å²) in [7, 11) is 0. The van der Waals surface area contributed by atoms with Gasteiger partial charge in [0.15, 0.2) is 0 Å². The molecule has 1 atom stereocenters. The number of primary amides is 1. The number of amides is 1. The van der Waals surface area contributed by atoms with Crippen LogP contribution in [0.5, 0.6) is 0 Å². The van der Waals surface area contributed by atoms with Gasteiger partial charge in [-0.25, -0.2) is 0 Å². The summed E-state index contributed by atoms with van der Waals surface area (Å²) in [5, 5.41) is 3.30. The van der Waals surface area contributed by atoms with Gasteiger partial charge in [0.2, 0.25) is 5.91 Å². The SMILES string of the molecule is NC(=O)CC[C@H]1CCCN1. The van der Waals surface area contributed by atoms with Gasteiger partial charge >= 0.3 is 0 Å². The maximum Gasteiger partial charge on any atom is 0.217 e. The van der Waals surface area contributed by atoms with Gasteiger partial charge in [0.1, 0.15) is 0 Å². The van der Waals surface area contributed by atoms with Gasteiger partial charge in [-0.3, -0.25) is 4.79 Å². The number of hydrogen-bond acceptors (Lipinski definition) is 2. The van der Waals surface area contributed by atoms with Gasteiger partial charge in [-0.2, -0.15) is 0 Å². The fourth-order valence-corrected chi connectivity index (χ4v) is 1.32. The smallest absolute Gasteiger partial charge is 0.217 e. The van der Waals surface area contributed by atoms with Crippen LogP contribution in [0.2, 0.25) is 0 Å². The zero-order valence-electron chi connectivity index (χ0n) is 6.10. The van der Waals surface area contributed by atoms with Gasteiger partial charge in [0, 0.05) is 12.5 Å². The van der Waals surface area contributed by atoms with Gasteiger partial charge in [-0.1, -0.05) is 0 Å². The molecule has 1 saturated heterocycles. The molecule has 58 valence electrons. The largest absolute Gasteiger partial charge is 0.370 e. The first-order valence-corrected chi connectivity index (χ1v) is 3.81. The molecule has 0 aromatic carbocycles. The van der Waals surface area contributed by atoms with Crippen molar-refractivity contribution in [2.45, 2.75) is 31.7 Å². The highest BCUT2D eigenvalue weighted by atomic mass is 16.1. The molecular weight excluding hydrogens is 128 g/mol. The van der Waals surface area contributed by atoms with Crippen molar-refractivity contribution in [1.82, 2.24) is 5.32 Å². The molecule has 0 radical (unpaired) electrons. The van der Waals surface area contributed by atoms with E-state index in [2.05, 4.69) is 5.32 Å². The van der Waals surface area contributed by atoms with Crippen molar-refractivity contribution >= 4 is 5.91 Å². The first-order chi connectivity index (χ1) is 4.79. The van der Waals surface area contributed by atoms with Crippen LogP contribution in [0, 0.1) is 0 Å². The third-order valence-electron chi connectivity index (χ3n) is 1.90. The van der Waals surface area contributed by atoms with Crippen LogP contribution in [0.1, 0.15) is 25.7 Å². The van der Waals surface area contributed by atoms with Crippen LogP contribution in [0.15, 0.2) is 0 Å². The van der Waals surface area contributed by atoms with Gasteiger partial charge in [-0.15, -0.1) is 0 Å². The third-order valence-corrected chi connectivity index (χ3v) is 1.90. The summed E-state index contributed by atoms with van der Waals surface area (Å²) < 4.78 is 0. The number of nitrogens with one attached hydrogen (secondary N) is 1. The monoisotopic (exact) mass is 142 g/mol. The molecule has 0 unspecified atom stereocenters. The highest BCUT2D eigenvalue weighted by molar-refractivity contribution is 5.73. The molecule has 0 aliphatic carbocycles. The van der Waals surface area contributed by atoms with Gasteiger partial charge in [-0.05, 0) is 25.8 Å². The lowest BCUT2D eigenvalue weighted by atomic mass is 10.1. The minimum atomic E-state index is -0.186. The molecule has 1 amide bonds. The first kappa shape index (κ1) is 7.54. The van der Waals surface area contributed by atoms with Crippen molar-refractivity contribution in [2.24, 2.45) is 5.73 Å². The summed E-state index contributed by atoms with van der Waals surface area (Å²) >= 11 is 0. The fraction of sp³-hybridized carbons (Fsp3) is 0.857. The summed E-state index contributed by atoms with van der Waals surface area (Å²) in [6.45, 7) is 1.10. The Morgan fingerprint density at radius 2 is 2.50 bits per heavy atom. The molecule has 0 bridgehead atoms. The summed E-state index contributed by atoms with van der Waals surface area (Å²) in [5.74, 6) is -0.186. The van der Waals surface area contributed by atoms with Crippen LogP contribution >= 0.6 is 0 Å². The van der Waals surface area contributed by atoms with Crippen molar-refractivity contribution in [3.63, 3.8) is 0 Å². The second-order valence-corrected chi connectivity index (χ2v) is 2.80. The van der Waals surface area contributed by atoms with E-state index in [1.165, 1.54) is 12.8 Å². The lowest BCUT2D eigenvalue weighted by Gasteiger charge is -2.06. The van der Waals surface area contributed by atoms with Crippen LogP contribution in [0.4, 0.5) is 0 Å². The molecule has 1 aliphatic rings. The maximum absolute atomic E-state index is 10.4. The van der Waals surface area contributed by atoms with E-state index < -0.39 is 0 Å². The predicted molar refractivity (Wildman–Crippen MR) is 39.5 cm³/mol. The first-order valence-electron chi connectivity index (χ1n) is 3.81.